The topological polar surface area (TPSA) is 43.6 Å². The molecule has 0 radical (unpaired) electrons. The van der Waals surface area contributed by atoms with Gasteiger partial charge in [0.25, 0.3) is 0 Å². The molecule has 2 aromatic heterocycles. The van der Waals surface area contributed by atoms with Crippen molar-refractivity contribution in [3.8, 4) is 51.0 Å². The van der Waals surface area contributed by atoms with E-state index >= 15 is 0 Å². The largest absolute Gasteiger partial charge is 0.309 e. The van der Waals surface area contributed by atoms with Crippen LogP contribution in [0.3, 0.4) is 0 Å². The van der Waals surface area contributed by atoms with E-state index in [1.807, 2.05) is 36.4 Å². The maximum Gasteiger partial charge on any atom is 0.164 e. The Hall–Kier alpha value is -7.69. The van der Waals surface area contributed by atoms with Crippen LogP contribution >= 0.6 is 0 Å². The third-order valence-electron chi connectivity index (χ3n) is 11.6. The van der Waals surface area contributed by atoms with E-state index in [-0.39, 0.29) is 0 Å². The highest BCUT2D eigenvalue weighted by atomic mass is 15.0. The number of nitrogens with zero attached hydrogens (tertiary/aromatic N) is 4. The minimum atomic E-state index is 0.651. The monoisotopic (exact) mass is 724 g/mol. The summed E-state index contributed by atoms with van der Waals surface area (Å²) in [5, 5.41) is 12.5. The molecule has 0 aliphatic heterocycles. The number of hydrogen-bond acceptors (Lipinski definition) is 3. The van der Waals surface area contributed by atoms with E-state index in [0.29, 0.717) is 17.5 Å². The van der Waals surface area contributed by atoms with Gasteiger partial charge in [0.15, 0.2) is 17.5 Å². The fourth-order valence-corrected chi connectivity index (χ4v) is 9.07. The Kier molecular flexibility index (Phi) is 6.89. The van der Waals surface area contributed by atoms with Crippen LogP contribution < -0.4 is 0 Å². The zero-order chi connectivity index (χ0) is 37.5. The fraction of sp³-hybridized carbons (Fsp3) is 0. The van der Waals surface area contributed by atoms with Gasteiger partial charge in [0.05, 0.1) is 11.0 Å². The molecule has 0 aliphatic carbocycles. The molecule has 0 bridgehead atoms. The van der Waals surface area contributed by atoms with Gasteiger partial charge in [-0.2, -0.15) is 0 Å². The highest BCUT2D eigenvalue weighted by Crippen LogP contribution is 2.47. The molecule has 0 amide bonds. The van der Waals surface area contributed by atoms with Crippen molar-refractivity contribution >= 4 is 64.9 Å². The summed E-state index contributed by atoms with van der Waals surface area (Å²) in [6, 6.07) is 69.2. The molecule has 12 rings (SSSR count). The molecule has 57 heavy (non-hydrogen) atoms. The van der Waals surface area contributed by atoms with E-state index in [0.717, 1.165) is 27.5 Å². The summed E-state index contributed by atoms with van der Waals surface area (Å²) in [5.41, 5.74) is 8.83. The smallest absolute Gasteiger partial charge is 0.164 e. The quantitative estimate of drug-likeness (QED) is 0.166. The number of aromatic nitrogens is 4. The Balaban J connectivity index is 1.11. The molecule has 4 heteroatoms. The predicted molar refractivity (Wildman–Crippen MR) is 237 cm³/mol. The highest BCUT2D eigenvalue weighted by molar-refractivity contribution is 6.39. The van der Waals surface area contributed by atoms with Crippen molar-refractivity contribution in [1.82, 2.24) is 19.5 Å². The van der Waals surface area contributed by atoms with Crippen molar-refractivity contribution in [2.75, 3.05) is 0 Å². The summed E-state index contributed by atoms with van der Waals surface area (Å²) < 4.78 is 2.44. The Morgan fingerprint density at radius 3 is 1.60 bits per heavy atom. The van der Waals surface area contributed by atoms with Crippen LogP contribution in [0.15, 0.2) is 194 Å². The Bertz CT molecular complexity index is 3440. The second kappa shape index (κ2) is 12.4. The van der Waals surface area contributed by atoms with Crippen LogP contribution in [0, 0.1) is 0 Å². The molecule has 12 aromatic rings. The van der Waals surface area contributed by atoms with Crippen molar-refractivity contribution in [3.63, 3.8) is 0 Å². The van der Waals surface area contributed by atoms with E-state index in [9.17, 15) is 0 Å². The number of benzene rings is 10. The zero-order valence-corrected chi connectivity index (χ0v) is 30.8. The number of fused-ring (bicyclic) bond motifs is 6. The van der Waals surface area contributed by atoms with E-state index in [4.69, 9.17) is 15.0 Å². The van der Waals surface area contributed by atoms with Crippen LogP contribution in [0.25, 0.3) is 116 Å². The number of para-hydroxylation sites is 1. The van der Waals surface area contributed by atoms with Crippen LogP contribution in [0.4, 0.5) is 0 Å². The average Bonchev–Trinajstić information content (AvgIpc) is 3.62. The van der Waals surface area contributed by atoms with Crippen LogP contribution in [0.5, 0.6) is 0 Å². The second-order valence-electron chi connectivity index (χ2n) is 14.7. The van der Waals surface area contributed by atoms with E-state index in [1.165, 1.54) is 70.9 Å². The molecule has 0 fully saturated rings. The molecule has 0 saturated heterocycles. The van der Waals surface area contributed by atoms with Gasteiger partial charge in [-0.1, -0.05) is 158 Å². The van der Waals surface area contributed by atoms with Crippen LogP contribution in [0.2, 0.25) is 0 Å². The third-order valence-corrected chi connectivity index (χ3v) is 11.6. The summed E-state index contributed by atoms with van der Waals surface area (Å²) in [5.74, 6) is 1.95. The van der Waals surface area contributed by atoms with E-state index in [2.05, 4.69) is 162 Å². The van der Waals surface area contributed by atoms with Gasteiger partial charge in [0.2, 0.25) is 0 Å². The molecule has 264 valence electrons. The first-order valence-corrected chi connectivity index (χ1v) is 19.4. The first-order valence-electron chi connectivity index (χ1n) is 19.4. The van der Waals surface area contributed by atoms with Crippen molar-refractivity contribution in [2.24, 2.45) is 0 Å². The Labute approximate surface area is 328 Å². The first kappa shape index (κ1) is 31.6. The zero-order valence-electron chi connectivity index (χ0n) is 30.8. The molecule has 0 saturated carbocycles. The Morgan fingerprint density at radius 2 is 0.877 bits per heavy atom. The summed E-state index contributed by atoms with van der Waals surface area (Å²) in [6.07, 6.45) is 0. The maximum absolute atomic E-state index is 5.10. The van der Waals surface area contributed by atoms with Crippen molar-refractivity contribution in [2.45, 2.75) is 0 Å². The van der Waals surface area contributed by atoms with Gasteiger partial charge in [0.1, 0.15) is 0 Å². The van der Waals surface area contributed by atoms with Gasteiger partial charge in [-0.25, -0.2) is 15.0 Å². The van der Waals surface area contributed by atoms with E-state index in [1.54, 1.807) is 0 Å². The average molecular weight is 725 g/mol. The molecule has 0 atom stereocenters. The van der Waals surface area contributed by atoms with Gasteiger partial charge in [-0.3, -0.25) is 0 Å². The highest BCUT2D eigenvalue weighted by Gasteiger charge is 2.23. The van der Waals surface area contributed by atoms with Gasteiger partial charge in [-0.15, -0.1) is 0 Å². The lowest BCUT2D eigenvalue weighted by atomic mass is 9.88. The number of hydrogen-bond donors (Lipinski definition) is 0. The van der Waals surface area contributed by atoms with E-state index < -0.39 is 0 Å². The first-order chi connectivity index (χ1) is 28.3. The van der Waals surface area contributed by atoms with Crippen molar-refractivity contribution in [1.29, 1.82) is 0 Å². The normalized spacial score (nSPS) is 11.9. The van der Waals surface area contributed by atoms with Crippen molar-refractivity contribution < 1.29 is 0 Å². The molecule has 0 unspecified atom stereocenters. The van der Waals surface area contributed by atoms with Gasteiger partial charge in [0, 0.05) is 38.5 Å². The van der Waals surface area contributed by atoms with Crippen LogP contribution in [-0.4, -0.2) is 19.5 Å². The predicted octanol–water partition coefficient (Wildman–Crippen LogP) is 13.7. The third kappa shape index (κ3) is 4.84. The molecular weight excluding hydrogens is 693 g/mol. The second-order valence-corrected chi connectivity index (χ2v) is 14.7. The molecule has 0 aliphatic rings. The standard InChI is InChI=1S/C53H32N4/c1-4-15-33(16-5-1)51-54-52(34-17-6-2-7-18-34)56-53(55-51)44-30-29-38(40-23-12-13-24-41(40)44)36-27-28-42-43-25-14-26-46-49(43)50-47(57(46)37-20-8-3-9-21-37)32-35-19-10-11-22-39(35)48(50)45(42)31-36/h1-32H. The molecule has 4 nitrogen and oxygen atoms in total. The SMILES string of the molecule is c1ccc(-c2nc(-c3ccccc3)nc(-c3ccc(-c4ccc5c(c4)c4c6ccccc6cc6c4c4c5cccc4n6-c4ccccc4)c4ccccc34)n2)cc1. The van der Waals surface area contributed by atoms with Gasteiger partial charge in [-0.05, 0) is 85.2 Å². The summed E-state index contributed by atoms with van der Waals surface area (Å²) in [4.78, 5) is 15.1. The van der Waals surface area contributed by atoms with Gasteiger partial charge >= 0.3 is 0 Å². The van der Waals surface area contributed by atoms with Gasteiger partial charge < -0.3 is 4.57 Å². The van der Waals surface area contributed by atoms with Crippen LogP contribution in [0.1, 0.15) is 0 Å². The summed E-state index contributed by atoms with van der Waals surface area (Å²) in [6.45, 7) is 0. The lowest BCUT2D eigenvalue weighted by molar-refractivity contribution is 1.08. The molecule has 2 heterocycles. The molecular formula is C53H32N4. The Morgan fingerprint density at radius 1 is 0.298 bits per heavy atom. The molecule has 0 N–H and O–H groups in total. The number of rotatable bonds is 5. The molecule has 0 spiro atoms. The maximum atomic E-state index is 5.10. The summed E-state index contributed by atoms with van der Waals surface area (Å²) in [7, 11) is 0. The lowest BCUT2D eigenvalue weighted by Crippen LogP contribution is -2.00. The van der Waals surface area contributed by atoms with Crippen LogP contribution in [-0.2, 0) is 0 Å². The minimum Gasteiger partial charge on any atom is -0.309 e. The molecule has 10 aromatic carbocycles. The fourth-order valence-electron chi connectivity index (χ4n) is 9.07. The summed E-state index contributed by atoms with van der Waals surface area (Å²) >= 11 is 0. The lowest BCUT2D eigenvalue weighted by Gasteiger charge is -2.15. The minimum absolute atomic E-state index is 0.651. The van der Waals surface area contributed by atoms with Crippen molar-refractivity contribution in [3.05, 3.63) is 194 Å².